The summed E-state index contributed by atoms with van der Waals surface area (Å²) in [6, 6.07) is 0. The largest absolute Gasteiger partial charge is 0.361 e. The topological polar surface area (TPSA) is 62.5 Å². The first-order chi connectivity index (χ1) is 11.6. The van der Waals surface area contributed by atoms with Crippen LogP contribution in [0.4, 0.5) is 0 Å². The van der Waals surface area contributed by atoms with Gasteiger partial charge in [0.2, 0.25) is 5.91 Å². The van der Waals surface area contributed by atoms with Crippen molar-refractivity contribution in [2.24, 2.45) is 0 Å². The second-order valence-corrected chi connectivity index (χ2v) is 7.11. The molecular weight excluding hydrogens is 324 g/mol. The van der Waals surface area contributed by atoms with Gasteiger partial charge in [-0.05, 0) is 27.2 Å². The third-order valence-corrected chi connectivity index (χ3v) is 5.30. The van der Waals surface area contributed by atoms with E-state index in [4.69, 9.17) is 4.52 Å². The fourth-order valence-corrected chi connectivity index (χ4v) is 3.95. The van der Waals surface area contributed by atoms with Crippen LogP contribution in [0.3, 0.4) is 0 Å². The number of nitrogens with zero attached hydrogens (tertiary/aromatic N) is 4. The lowest BCUT2D eigenvalue weighted by Crippen LogP contribution is -2.37. The number of amides is 1. The van der Waals surface area contributed by atoms with Gasteiger partial charge in [0, 0.05) is 43.7 Å². The van der Waals surface area contributed by atoms with E-state index in [1.165, 1.54) is 0 Å². The molecule has 3 heterocycles. The number of rotatable bonds is 4. The molecule has 6 nitrogen and oxygen atoms in total. The molecule has 0 aromatic carbocycles. The zero-order valence-electron chi connectivity index (χ0n) is 14.5. The zero-order chi connectivity index (χ0) is 17.1. The molecule has 0 radical (unpaired) electrons. The van der Waals surface area contributed by atoms with E-state index in [0.29, 0.717) is 0 Å². The van der Waals surface area contributed by atoms with E-state index < -0.39 is 0 Å². The molecule has 0 bridgehead atoms. The Morgan fingerprint density at radius 2 is 2.17 bits per heavy atom. The van der Waals surface area contributed by atoms with Crippen molar-refractivity contribution in [2.75, 3.05) is 26.2 Å². The number of carbonyl (C=O) groups excluding carboxylic acids is 1. The number of hydrogen-bond acceptors (Lipinski definition) is 6. The van der Waals surface area contributed by atoms with Gasteiger partial charge in [-0.25, -0.2) is 4.98 Å². The third-order valence-electron chi connectivity index (χ3n) is 4.66. The molecule has 2 aromatic heterocycles. The van der Waals surface area contributed by atoms with Gasteiger partial charge in [0.25, 0.3) is 0 Å². The molecule has 1 aliphatic rings. The lowest BCUT2D eigenvalue weighted by atomic mass is 9.98. The second-order valence-electron chi connectivity index (χ2n) is 6.39. The molecule has 0 N–H and O–H groups in total. The van der Waals surface area contributed by atoms with Crippen molar-refractivity contribution in [3.63, 3.8) is 0 Å². The van der Waals surface area contributed by atoms with Gasteiger partial charge in [0.05, 0.1) is 22.8 Å². The molecule has 3 rings (SSSR count). The molecule has 1 atom stereocenters. The van der Waals surface area contributed by atoms with E-state index >= 15 is 0 Å². The SMILES string of the molecule is Cc1noc(C)c1C(C)C(=O)N1CCCN(Cc2cscn2)CC1. The summed E-state index contributed by atoms with van der Waals surface area (Å²) in [5.74, 6) is 0.703. The highest BCUT2D eigenvalue weighted by Gasteiger charge is 2.28. The van der Waals surface area contributed by atoms with E-state index in [0.717, 1.165) is 61.9 Å². The lowest BCUT2D eigenvalue weighted by Gasteiger charge is -2.24. The van der Waals surface area contributed by atoms with Gasteiger partial charge in [-0.3, -0.25) is 9.69 Å². The summed E-state index contributed by atoms with van der Waals surface area (Å²) in [5.41, 5.74) is 4.73. The highest BCUT2D eigenvalue weighted by atomic mass is 32.1. The fourth-order valence-electron chi connectivity index (χ4n) is 3.40. The molecule has 1 amide bonds. The van der Waals surface area contributed by atoms with Crippen LogP contribution < -0.4 is 0 Å². The monoisotopic (exact) mass is 348 g/mol. The standard InChI is InChI=1S/C17H24N4O2S/c1-12(16-13(2)19-23-14(16)3)17(22)21-6-4-5-20(7-8-21)9-15-10-24-11-18-15/h10-12H,4-9H2,1-3H3. The van der Waals surface area contributed by atoms with Crippen molar-refractivity contribution in [3.05, 3.63) is 33.6 Å². The second kappa shape index (κ2) is 7.44. The fraction of sp³-hybridized carbons (Fsp3) is 0.588. The van der Waals surface area contributed by atoms with Crippen molar-refractivity contribution in [3.8, 4) is 0 Å². The molecule has 1 aliphatic heterocycles. The Morgan fingerprint density at radius 3 is 2.83 bits per heavy atom. The van der Waals surface area contributed by atoms with Crippen LogP contribution in [-0.2, 0) is 11.3 Å². The number of carbonyl (C=O) groups is 1. The van der Waals surface area contributed by atoms with Crippen molar-refractivity contribution in [1.29, 1.82) is 0 Å². The summed E-state index contributed by atoms with van der Waals surface area (Å²) in [5, 5.41) is 6.07. The van der Waals surface area contributed by atoms with Crippen molar-refractivity contribution < 1.29 is 9.32 Å². The lowest BCUT2D eigenvalue weighted by molar-refractivity contribution is -0.132. The molecule has 0 saturated carbocycles. The molecular formula is C17H24N4O2S. The van der Waals surface area contributed by atoms with Gasteiger partial charge in [-0.15, -0.1) is 11.3 Å². The Morgan fingerprint density at radius 1 is 1.33 bits per heavy atom. The summed E-state index contributed by atoms with van der Waals surface area (Å²) < 4.78 is 5.22. The number of aryl methyl sites for hydroxylation is 2. The van der Waals surface area contributed by atoms with Gasteiger partial charge in [0.15, 0.2) is 0 Å². The normalized spacial score (nSPS) is 17.7. The highest BCUT2D eigenvalue weighted by Crippen LogP contribution is 2.25. The van der Waals surface area contributed by atoms with Crippen LogP contribution in [0.5, 0.6) is 0 Å². The van der Waals surface area contributed by atoms with Crippen LogP contribution in [0.15, 0.2) is 15.4 Å². The molecule has 1 unspecified atom stereocenters. The first-order valence-corrected chi connectivity index (χ1v) is 9.31. The molecule has 2 aromatic rings. The van der Waals surface area contributed by atoms with Crippen LogP contribution in [0, 0.1) is 13.8 Å². The summed E-state index contributed by atoms with van der Waals surface area (Å²) in [6.07, 6.45) is 0.990. The van der Waals surface area contributed by atoms with Gasteiger partial charge in [-0.1, -0.05) is 5.16 Å². The van der Waals surface area contributed by atoms with E-state index in [2.05, 4.69) is 20.4 Å². The number of thiazole rings is 1. The summed E-state index contributed by atoms with van der Waals surface area (Å²) in [6.45, 7) is 10.0. The van der Waals surface area contributed by atoms with Gasteiger partial charge < -0.3 is 9.42 Å². The quantitative estimate of drug-likeness (QED) is 0.850. The molecule has 24 heavy (non-hydrogen) atoms. The summed E-state index contributed by atoms with van der Waals surface area (Å²) >= 11 is 1.63. The van der Waals surface area contributed by atoms with Crippen LogP contribution >= 0.6 is 11.3 Å². The number of aromatic nitrogens is 2. The first-order valence-electron chi connectivity index (χ1n) is 8.37. The number of hydrogen-bond donors (Lipinski definition) is 0. The molecule has 7 heteroatoms. The Labute approximate surface area is 146 Å². The Kier molecular flexibility index (Phi) is 5.30. The Balaban J connectivity index is 1.62. The maximum Gasteiger partial charge on any atom is 0.230 e. The van der Waals surface area contributed by atoms with Crippen LogP contribution in [0.2, 0.25) is 0 Å². The maximum absolute atomic E-state index is 12.9. The van der Waals surface area contributed by atoms with Gasteiger partial charge >= 0.3 is 0 Å². The third kappa shape index (κ3) is 3.67. The van der Waals surface area contributed by atoms with E-state index in [1.54, 1.807) is 11.3 Å². The Hall–Kier alpha value is -1.73. The van der Waals surface area contributed by atoms with Crippen molar-refractivity contribution in [2.45, 2.75) is 39.7 Å². The zero-order valence-corrected chi connectivity index (χ0v) is 15.3. The van der Waals surface area contributed by atoms with E-state index in [9.17, 15) is 4.79 Å². The summed E-state index contributed by atoms with van der Waals surface area (Å²) in [4.78, 5) is 21.6. The Bertz CT molecular complexity index is 663. The average Bonchev–Trinajstić information content (AvgIpc) is 3.11. The van der Waals surface area contributed by atoms with Crippen molar-refractivity contribution >= 4 is 17.2 Å². The summed E-state index contributed by atoms with van der Waals surface area (Å²) in [7, 11) is 0. The average molecular weight is 348 g/mol. The minimum absolute atomic E-state index is 0.167. The minimum Gasteiger partial charge on any atom is -0.361 e. The first kappa shape index (κ1) is 17.1. The van der Waals surface area contributed by atoms with E-state index in [-0.39, 0.29) is 11.8 Å². The van der Waals surface area contributed by atoms with Gasteiger partial charge in [-0.2, -0.15) is 0 Å². The molecule has 1 saturated heterocycles. The van der Waals surface area contributed by atoms with Crippen LogP contribution in [-0.4, -0.2) is 52.0 Å². The highest BCUT2D eigenvalue weighted by molar-refractivity contribution is 7.07. The predicted octanol–water partition coefficient (Wildman–Crippen LogP) is 2.59. The predicted molar refractivity (Wildman–Crippen MR) is 93.0 cm³/mol. The van der Waals surface area contributed by atoms with Crippen molar-refractivity contribution in [1.82, 2.24) is 19.9 Å². The maximum atomic E-state index is 12.9. The van der Waals surface area contributed by atoms with Crippen LogP contribution in [0.1, 0.15) is 42.0 Å². The molecule has 0 aliphatic carbocycles. The molecule has 1 fully saturated rings. The van der Waals surface area contributed by atoms with E-state index in [1.807, 2.05) is 31.2 Å². The smallest absolute Gasteiger partial charge is 0.230 e. The van der Waals surface area contributed by atoms with Gasteiger partial charge in [0.1, 0.15) is 5.76 Å². The van der Waals surface area contributed by atoms with Crippen LogP contribution in [0.25, 0.3) is 0 Å². The minimum atomic E-state index is -0.207. The molecule has 0 spiro atoms. The molecule has 130 valence electrons.